The second-order valence-electron chi connectivity index (χ2n) is 7.61. The number of amides is 1. The highest BCUT2D eigenvalue weighted by Crippen LogP contribution is 2.41. The fourth-order valence-electron chi connectivity index (χ4n) is 4.03. The zero-order valence-electron chi connectivity index (χ0n) is 17.3. The van der Waals surface area contributed by atoms with Gasteiger partial charge < -0.3 is 19.2 Å². The van der Waals surface area contributed by atoms with E-state index in [-0.39, 0.29) is 29.9 Å². The first kappa shape index (κ1) is 21.6. The van der Waals surface area contributed by atoms with Crippen molar-refractivity contribution < 1.29 is 31.9 Å². The maximum atomic E-state index is 13.3. The van der Waals surface area contributed by atoms with Crippen LogP contribution in [-0.2, 0) is 5.54 Å². The molecule has 1 atom stereocenters. The molecular formula is C23H16F3N3O5. The van der Waals surface area contributed by atoms with Gasteiger partial charge in [0.15, 0.2) is 5.58 Å². The highest BCUT2D eigenvalue weighted by Gasteiger charge is 2.43. The van der Waals surface area contributed by atoms with Gasteiger partial charge in [-0.1, -0.05) is 12.1 Å². The number of carbonyl (C=O) groups is 1. The van der Waals surface area contributed by atoms with E-state index in [9.17, 15) is 22.8 Å². The van der Waals surface area contributed by atoms with E-state index in [0.717, 1.165) is 0 Å². The molecule has 4 aromatic rings. The number of benzene rings is 2. The number of oxazole rings is 1. The van der Waals surface area contributed by atoms with Crippen LogP contribution in [-0.4, -0.2) is 28.8 Å². The molecule has 8 nitrogen and oxygen atoms in total. The fraction of sp³-hybridized carbons (Fsp3) is 0.174. The lowest BCUT2D eigenvalue weighted by Gasteiger charge is -2.39. The van der Waals surface area contributed by atoms with Crippen molar-refractivity contribution in [2.75, 3.05) is 6.61 Å². The van der Waals surface area contributed by atoms with Gasteiger partial charge in [0.2, 0.25) is 0 Å². The maximum Gasteiger partial charge on any atom is 0.573 e. The van der Waals surface area contributed by atoms with Gasteiger partial charge in [-0.15, -0.1) is 13.2 Å². The van der Waals surface area contributed by atoms with Crippen molar-refractivity contribution in [1.82, 2.24) is 15.3 Å². The van der Waals surface area contributed by atoms with Crippen molar-refractivity contribution in [2.45, 2.75) is 18.3 Å². The Morgan fingerprint density at radius 1 is 1.15 bits per heavy atom. The van der Waals surface area contributed by atoms with Gasteiger partial charge in [0.1, 0.15) is 22.7 Å². The van der Waals surface area contributed by atoms with Gasteiger partial charge in [0, 0.05) is 18.2 Å². The molecule has 0 fully saturated rings. The van der Waals surface area contributed by atoms with E-state index in [2.05, 4.69) is 20.0 Å². The summed E-state index contributed by atoms with van der Waals surface area (Å²) in [6.07, 6.45) is -3.02. The minimum absolute atomic E-state index is 0.214. The van der Waals surface area contributed by atoms with Gasteiger partial charge in [0.05, 0.1) is 12.1 Å². The molecule has 5 rings (SSSR count). The molecule has 2 aromatic carbocycles. The first-order valence-electron chi connectivity index (χ1n) is 10.1. The Labute approximate surface area is 189 Å². The van der Waals surface area contributed by atoms with Crippen LogP contribution < -0.4 is 20.5 Å². The summed E-state index contributed by atoms with van der Waals surface area (Å²) in [5.74, 6) is -1.09. The number of pyridine rings is 1. The van der Waals surface area contributed by atoms with E-state index in [4.69, 9.17) is 9.15 Å². The fourth-order valence-corrected chi connectivity index (χ4v) is 4.03. The van der Waals surface area contributed by atoms with Crippen LogP contribution in [0.2, 0.25) is 0 Å². The van der Waals surface area contributed by atoms with Crippen molar-refractivity contribution in [2.24, 2.45) is 0 Å². The average molecular weight is 471 g/mol. The Morgan fingerprint density at radius 3 is 2.71 bits per heavy atom. The van der Waals surface area contributed by atoms with E-state index in [1.54, 1.807) is 18.2 Å². The Balaban J connectivity index is 1.56. The maximum absolute atomic E-state index is 13.3. The Kier molecular flexibility index (Phi) is 5.03. The number of alkyl halides is 3. The minimum atomic E-state index is -4.83. The molecule has 2 N–H and O–H groups in total. The number of rotatable bonds is 4. The third kappa shape index (κ3) is 3.96. The number of fused-ring (bicyclic) bond motifs is 2. The summed E-state index contributed by atoms with van der Waals surface area (Å²) >= 11 is 0. The average Bonchev–Trinajstić information content (AvgIpc) is 3.18. The smallest absolute Gasteiger partial charge is 0.491 e. The number of hydrogen-bond donors (Lipinski definition) is 2. The Morgan fingerprint density at radius 2 is 1.94 bits per heavy atom. The van der Waals surface area contributed by atoms with Crippen LogP contribution in [0.4, 0.5) is 13.2 Å². The largest absolute Gasteiger partial charge is 0.573 e. The molecule has 3 heterocycles. The van der Waals surface area contributed by atoms with Crippen LogP contribution in [0, 0.1) is 0 Å². The monoisotopic (exact) mass is 471 g/mol. The Bertz CT molecular complexity index is 1430. The number of aromatic amines is 1. The zero-order valence-corrected chi connectivity index (χ0v) is 17.3. The summed E-state index contributed by atoms with van der Waals surface area (Å²) in [5.41, 5.74) is 0.577. The van der Waals surface area contributed by atoms with E-state index in [1.807, 2.05) is 0 Å². The zero-order chi connectivity index (χ0) is 23.9. The molecular weight excluding hydrogens is 455 g/mol. The molecule has 1 aliphatic heterocycles. The molecule has 1 unspecified atom stereocenters. The van der Waals surface area contributed by atoms with E-state index in [1.165, 1.54) is 42.6 Å². The lowest BCUT2D eigenvalue weighted by molar-refractivity contribution is -0.274. The molecule has 34 heavy (non-hydrogen) atoms. The highest BCUT2D eigenvalue weighted by molar-refractivity contribution is 5.97. The number of H-pyrrole nitrogens is 1. The van der Waals surface area contributed by atoms with Crippen molar-refractivity contribution >= 4 is 17.0 Å². The number of hydrogen-bond acceptors (Lipinski definition) is 6. The van der Waals surface area contributed by atoms with Crippen molar-refractivity contribution in [3.05, 3.63) is 88.2 Å². The minimum Gasteiger partial charge on any atom is -0.491 e. The second kappa shape index (κ2) is 7.94. The third-order valence-corrected chi connectivity index (χ3v) is 5.50. The predicted octanol–water partition coefficient (Wildman–Crippen LogP) is 3.87. The van der Waals surface area contributed by atoms with Crippen LogP contribution in [0.5, 0.6) is 11.5 Å². The van der Waals surface area contributed by atoms with Crippen molar-refractivity contribution in [1.29, 1.82) is 0 Å². The number of carbonyl (C=O) groups excluding carboxylic acids is 1. The van der Waals surface area contributed by atoms with Crippen molar-refractivity contribution in [3.8, 4) is 11.5 Å². The second-order valence-corrected chi connectivity index (χ2v) is 7.61. The molecule has 0 bridgehead atoms. The molecule has 1 aliphatic rings. The quantitative estimate of drug-likeness (QED) is 0.468. The van der Waals surface area contributed by atoms with Crippen LogP contribution in [0.1, 0.15) is 28.0 Å². The summed E-state index contributed by atoms with van der Waals surface area (Å²) in [6, 6.07) is 13.1. The van der Waals surface area contributed by atoms with Gasteiger partial charge in [0.25, 0.3) is 5.91 Å². The van der Waals surface area contributed by atoms with Crippen LogP contribution >= 0.6 is 0 Å². The molecule has 0 aliphatic carbocycles. The SMILES string of the molecule is O=C(NC1(c2ccc(OC(F)(F)F)cc2)CCOc2cccnc21)c1ccc2[nH]c(=O)oc2c1. The van der Waals surface area contributed by atoms with E-state index < -0.39 is 23.6 Å². The molecule has 2 aromatic heterocycles. The van der Waals surface area contributed by atoms with Gasteiger partial charge in [-0.2, -0.15) is 0 Å². The summed E-state index contributed by atoms with van der Waals surface area (Å²) in [4.78, 5) is 31.7. The van der Waals surface area contributed by atoms with Gasteiger partial charge >= 0.3 is 12.1 Å². The van der Waals surface area contributed by atoms with E-state index >= 15 is 0 Å². The number of halogens is 3. The highest BCUT2D eigenvalue weighted by atomic mass is 19.4. The molecule has 1 amide bonds. The lowest BCUT2D eigenvalue weighted by atomic mass is 9.81. The van der Waals surface area contributed by atoms with Gasteiger partial charge in [-0.3, -0.25) is 14.8 Å². The lowest BCUT2D eigenvalue weighted by Crippen LogP contribution is -2.50. The van der Waals surface area contributed by atoms with Crippen LogP contribution in [0.25, 0.3) is 11.1 Å². The topological polar surface area (TPSA) is 106 Å². The molecule has 0 spiro atoms. The Hall–Kier alpha value is -4.28. The number of aromatic nitrogens is 2. The first-order valence-corrected chi connectivity index (χ1v) is 10.1. The molecule has 0 saturated carbocycles. The van der Waals surface area contributed by atoms with Crippen LogP contribution in [0.15, 0.2) is 70.0 Å². The summed E-state index contributed by atoms with van der Waals surface area (Å²) in [7, 11) is 0. The molecule has 0 saturated heterocycles. The summed E-state index contributed by atoms with van der Waals surface area (Å²) in [6.45, 7) is 0.228. The molecule has 174 valence electrons. The standard InChI is InChI=1S/C23H16F3N3O5/c24-23(25,26)34-15-6-4-14(5-7-15)22(9-11-32-17-2-1-10-27-19(17)22)29-20(30)13-3-8-16-18(12-13)33-21(31)28-16/h1-8,10,12H,9,11H2,(H,28,31)(H,29,30). The first-order chi connectivity index (χ1) is 16.2. The van der Waals surface area contributed by atoms with E-state index in [0.29, 0.717) is 22.5 Å². The number of nitrogens with zero attached hydrogens (tertiary/aromatic N) is 1. The third-order valence-electron chi connectivity index (χ3n) is 5.50. The van der Waals surface area contributed by atoms with Gasteiger partial charge in [-0.05, 0) is 48.0 Å². The normalized spacial score (nSPS) is 17.6. The number of ether oxygens (including phenoxy) is 2. The predicted molar refractivity (Wildman–Crippen MR) is 113 cm³/mol. The summed E-state index contributed by atoms with van der Waals surface area (Å²) < 4.78 is 52.5. The summed E-state index contributed by atoms with van der Waals surface area (Å²) in [5, 5.41) is 2.99. The molecule has 0 radical (unpaired) electrons. The molecule has 11 heteroatoms. The van der Waals surface area contributed by atoms with Gasteiger partial charge in [-0.25, -0.2) is 4.79 Å². The number of nitrogens with one attached hydrogen (secondary N) is 2. The van der Waals surface area contributed by atoms with Crippen molar-refractivity contribution in [3.63, 3.8) is 0 Å². The van der Waals surface area contributed by atoms with Crippen LogP contribution in [0.3, 0.4) is 0 Å².